The van der Waals surface area contributed by atoms with Crippen molar-refractivity contribution in [1.29, 1.82) is 0 Å². The van der Waals surface area contributed by atoms with Crippen LogP contribution in [0.3, 0.4) is 0 Å². The Labute approximate surface area is 439 Å². The number of fused-ring (bicyclic) bond motifs is 3. The van der Waals surface area contributed by atoms with E-state index in [0.717, 1.165) is 28.9 Å². The number of aliphatic hydroxyl groups excluding tert-OH is 3. The lowest BCUT2D eigenvalue weighted by atomic mass is 9.98. The molecule has 43 heteroatoms. The van der Waals surface area contributed by atoms with Gasteiger partial charge in [0, 0.05) is 25.8 Å². The monoisotopic (exact) mass is 1200 g/mol. The number of rotatable bonds is 22. The van der Waals surface area contributed by atoms with Crippen LogP contribution in [-0.2, 0) is 68.7 Å². The van der Waals surface area contributed by atoms with Gasteiger partial charge in [0.25, 0.3) is 11.1 Å². The molecule has 0 bridgehead atoms. The molecule has 4 unspecified atom stereocenters. The minimum absolute atomic E-state index is 0.0826. The van der Waals surface area contributed by atoms with Gasteiger partial charge >= 0.3 is 31.3 Å². The molecule has 4 aliphatic heterocycles. The van der Waals surface area contributed by atoms with E-state index in [4.69, 9.17) is 54.2 Å². The van der Waals surface area contributed by atoms with Crippen molar-refractivity contribution in [2.24, 2.45) is 16.6 Å². The second-order valence-electron chi connectivity index (χ2n) is 17.5. The average molecular weight is 1200 g/mol. The van der Waals surface area contributed by atoms with E-state index in [2.05, 4.69) is 53.8 Å². The second-order valence-corrected chi connectivity index (χ2v) is 23.5. The van der Waals surface area contributed by atoms with Crippen LogP contribution in [0.15, 0.2) is 39.6 Å². The third-order valence-electron chi connectivity index (χ3n) is 12.4. The van der Waals surface area contributed by atoms with E-state index in [9.17, 15) is 67.5 Å². The van der Waals surface area contributed by atoms with Crippen LogP contribution in [0.1, 0.15) is 37.2 Å². The fourth-order valence-corrected chi connectivity index (χ4v) is 13.3. The number of nitrogens with zero attached hydrogens (tertiary/aromatic N) is 9. The van der Waals surface area contributed by atoms with E-state index in [1.54, 1.807) is 6.08 Å². The fourth-order valence-electron chi connectivity index (χ4n) is 8.86. The number of nitrogen functional groups attached to an aromatic ring is 2. The van der Waals surface area contributed by atoms with Crippen LogP contribution in [0.4, 0.5) is 17.7 Å². The third-order valence-corrected chi connectivity index (χ3v) is 17.6. The van der Waals surface area contributed by atoms with Gasteiger partial charge in [-0.25, -0.2) is 38.2 Å². The van der Waals surface area contributed by atoms with Crippen LogP contribution in [-0.4, -0.2) is 178 Å². The van der Waals surface area contributed by atoms with Gasteiger partial charge in [0.05, 0.1) is 50.6 Å². The van der Waals surface area contributed by atoms with Crippen molar-refractivity contribution in [3.8, 4) is 0 Å². The smallest absolute Gasteiger partial charge is 0.397 e. The molecule has 0 saturated carbocycles. The van der Waals surface area contributed by atoms with Crippen molar-refractivity contribution in [2.75, 3.05) is 44.9 Å². The number of carbonyl (C=O) groups excluding carboxylic acids is 1. The standard InChI is InChI=1S/C36H49N15O24P4/c1-66-26-25(73-76(58,59)67-8-17-23(54)24(55)33(71-17)51-12-44-21-29(51)46-36(39)48-31(21)57)18(72-34(26)49-10-42-19-15(37)4-2-3-5-41-27(19)49)9-69-78(62,63)75-79(64,65)74-77(60,61)68-7-16-14(6-40-13-52)22(53)32(70-16)50-11-43-20-28(50)45-35(38)47-30(20)56/h4-5,10-14,16-18,22-26,32-34,53-55H,2-3,6-9,37H2,1H3,(H,40,52)(H,58,59)(H,60,61)(H,62,63)(H,64,65)(H3,38,45,47,56)(H3,39,46,48,57)/b15-4+,41-5-/t14-,16-,17-,18-,22-,23-,24-,25-,26-,32-,33-,34-/m1/s1. The van der Waals surface area contributed by atoms with E-state index >= 15 is 0 Å². The van der Waals surface area contributed by atoms with Crippen LogP contribution < -0.4 is 33.6 Å². The summed E-state index contributed by atoms with van der Waals surface area (Å²) in [5.41, 5.74) is 15.8. The molecule has 39 nitrogen and oxygen atoms in total. The molecular weight excluding hydrogens is 1150 g/mol. The zero-order chi connectivity index (χ0) is 56.9. The molecule has 9 heterocycles. The molecule has 5 aromatic rings. The topological polar surface area (TPSA) is 567 Å². The number of ether oxygens (including phenoxy) is 4. The lowest BCUT2D eigenvalue weighted by Crippen LogP contribution is -2.38. The highest BCUT2D eigenvalue weighted by molar-refractivity contribution is 7.66. The minimum Gasteiger partial charge on any atom is -0.397 e. The van der Waals surface area contributed by atoms with Crippen molar-refractivity contribution in [3.63, 3.8) is 0 Å². The first kappa shape index (κ1) is 58.1. The fraction of sp³-hybridized carbons (Fsp3) is 0.528. The highest BCUT2D eigenvalue weighted by Gasteiger charge is 2.54. The van der Waals surface area contributed by atoms with Crippen LogP contribution >= 0.6 is 31.3 Å². The molecule has 3 saturated heterocycles. The molecule has 1 amide bonds. The number of anilines is 2. The molecule has 0 spiro atoms. The van der Waals surface area contributed by atoms with Crippen molar-refractivity contribution in [3.05, 3.63) is 51.5 Å². The molecule has 9 rings (SSSR count). The summed E-state index contributed by atoms with van der Waals surface area (Å²) in [6.45, 7) is -3.64. The summed E-state index contributed by atoms with van der Waals surface area (Å²) in [4.78, 5) is 108. The molecule has 4 aliphatic rings. The quantitative estimate of drug-likeness (QED) is 0.0245. The molecule has 16 atom stereocenters. The number of methoxy groups -OCH3 is 1. The van der Waals surface area contributed by atoms with E-state index in [1.165, 1.54) is 17.1 Å². The maximum absolute atomic E-state index is 13.8. The summed E-state index contributed by atoms with van der Waals surface area (Å²) in [5, 5.41) is 35.3. The Morgan fingerprint density at radius 3 is 1.82 bits per heavy atom. The molecule has 3 fully saturated rings. The first-order valence-electron chi connectivity index (χ1n) is 22.9. The number of phosphoric acid groups is 4. The number of nitrogens with one attached hydrogen (secondary N) is 3. The Bertz CT molecular complexity index is 3480. The van der Waals surface area contributed by atoms with Gasteiger partial charge in [-0.3, -0.25) is 56.1 Å². The lowest BCUT2D eigenvalue weighted by Gasteiger charge is -2.26. The lowest BCUT2D eigenvalue weighted by molar-refractivity contribution is -0.109. The first-order chi connectivity index (χ1) is 37.3. The number of aliphatic imine (C=N–C) groups is 1. The third kappa shape index (κ3) is 12.4. The number of aromatic nitrogens is 10. The van der Waals surface area contributed by atoms with E-state index < -0.39 is 136 Å². The second kappa shape index (κ2) is 22.8. The van der Waals surface area contributed by atoms with Crippen LogP contribution in [0.25, 0.3) is 28.0 Å². The molecule has 0 aliphatic carbocycles. The summed E-state index contributed by atoms with van der Waals surface area (Å²) in [6, 6.07) is 0. The Balaban J connectivity index is 0.881. The van der Waals surface area contributed by atoms with Crippen LogP contribution in [0, 0.1) is 5.92 Å². The van der Waals surface area contributed by atoms with Gasteiger partial charge in [0.2, 0.25) is 18.3 Å². The van der Waals surface area contributed by atoms with Crippen molar-refractivity contribution in [2.45, 2.75) is 80.4 Å². The van der Waals surface area contributed by atoms with Crippen LogP contribution in [0.2, 0.25) is 0 Å². The van der Waals surface area contributed by atoms with Gasteiger partial charge in [-0.1, -0.05) is 6.08 Å². The van der Waals surface area contributed by atoms with Gasteiger partial charge in [-0.05, 0) is 12.8 Å². The zero-order valence-corrected chi connectivity index (χ0v) is 43.8. The molecule has 79 heavy (non-hydrogen) atoms. The van der Waals surface area contributed by atoms with Gasteiger partial charge < -0.3 is 76.4 Å². The number of carbonyl (C=O) groups is 1. The van der Waals surface area contributed by atoms with Gasteiger partial charge in [-0.15, -0.1) is 0 Å². The minimum atomic E-state index is -6.22. The van der Waals surface area contributed by atoms with Gasteiger partial charge in [-0.2, -0.15) is 18.6 Å². The number of amides is 1. The number of hydrogen-bond donors (Lipinski definition) is 13. The number of H-pyrrole nitrogens is 2. The van der Waals surface area contributed by atoms with Crippen molar-refractivity contribution >= 4 is 89.7 Å². The summed E-state index contributed by atoms with van der Waals surface area (Å²) >= 11 is 0. The van der Waals surface area contributed by atoms with Crippen LogP contribution in [0.5, 0.6) is 0 Å². The number of aromatic amines is 2. The van der Waals surface area contributed by atoms with Gasteiger partial charge in [0.1, 0.15) is 48.4 Å². The Kier molecular flexibility index (Phi) is 16.7. The number of aliphatic hydroxyl groups is 3. The predicted molar refractivity (Wildman–Crippen MR) is 259 cm³/mol. The predicted octanol–water partition coefficient (Wildman–Crippen LogP) is -2.87. The van der Waals surface area contributed by atoms with Gasteiger partial charge in [0.15, 0.2) is 46.8 Å². The largest absolute Gasteiger partial charge is 0.490 e. The van der Waals surface area contributed by atoms with Crippen molar-refractivity contribution in [1.82, 2.24) is 53.9 Å². The molecular formula is C36H49N15O24P4. The van der Waals surface area contributed by atoms with E-state index in [-0.39, 0.29) is 64.4 Å². The number of hydrogen-bond acceptors (Lipinski definition) is 29. The number of nitrogens with two attached hydrogens (primary N) is 3. The number of imidazole rings is 3. The molecule has 5 aromatic heterocycles. The first-order valence-corrected chi connectivity index (χ1v) is 28.8. The normalized spacial score (nSPS) is 31.3. The number of phosphoric ester groups is 3. The maximum Gasteiger partial charge on any atom is 0.490 e. The SMILES string of the molecule is CO[C@@H]1[C@H](OP(=O)(O)OC[C@H]2O[C@@H](n3cnc4c(=O)[nH]c(N)nc43)[C@H](O)[C@@H]2O)[C@@H](COP(=O)(O)OP(=O)(O)OP(=O)(O)OC[C@H]2O[C@@H](n3cnc4c(=O)[nH]c(N)nc43)[C@H](O)[C@@H]2CNC=O)O[C@H]1n1cnc2c1/N=C\CC/C=C\2N. The molecule has 0 radical (unpaired) electrons. The van der Waals surface area contributed by atoms with E-state index in [0.29, 0.717) is 12.8 Å². The highest BCUT2D eigenvalue weighted by Crippen LogP contribution is 2.68. The van der Waals surface area contributed by atoms with E-state index in [1.807, 2.05) is 0 Å². The average Bonchev–Trinajstić information content (AvgIpc) is 4.41. The highest BCUT2D eigenvalue weighted by atomic mass is 31.3. The van der Waals surface area contributed by atoms with Crippen molar-refractivity contribution < 1.29 is 104 Å². The summed E-state index contributed by atoms with van der Waals surface area (Å²) in [5.74, 6) is -1.73. The maximum atomic E-state index is 13.8. The number of allylic oxidation sites excluding steroid dienone is 1. The Morgan fingerprint density at radius 1 is 0.696 bits per heavy atom. The summed E-state index contributed by atoms with van der Waals surface area (Å²) < 4.78 is 109. The summed E-state index contributed by atoms with van der Waals surface area (Å²) in [6.07, 6.45) is -10.1. The molecule has 432 valence electrons. The Hall–Kier alpha value is -5.57. The Morgan fingerprint density at radius 2 is 1.23 bits per heavy atom. The zero-order valence-electron chi connectivity index (χ0n) is 40.3. The molecule has 16 N–H and O–H groups in total. The summed E-state index contributed by atoms with van der Waals surface area (Å²) in [7, 11) is -22.4. The molecule has 0 aromatic carbocycles.